The molecule has 0 amide bonds. The molecule has 3 heteroatoms. The Morgan fingerprint density at radius 3 is 2.41 bits per heavy atom. The lowest BCUT2D eigenvalue weighted by atomic mass is 9.83. The number of likely N-dealkylation sites (tertiary alicyclic amines) is 1. The van der Waals surface area contributed by atoms with Crippen LogP contribution in [0, 0.1) is 13.8 Å². The van der Waals surface area contributed by atoms with Gasteiger partial charge in [-0.2, -0.15) is 0 Å². The summed E-state index contributed by atoms with van der Waals surface area (Å²) in [5, 5.41) is 0. The Balaban J connectivity index is 1.76. The Morgan fingerprint density at radius 1 is 0.882 bits per heavy atom. The molecule has 0 bridgehead atoms. The normalized spacial score (nSPS) is 17.1. The minimum atomic E-state index is 0.535. The Hall–Kier alpha value is -3.04. The van der Waals surface area contributed by atoms with Crippen LogP contribution in [0.15, 0.2) is 66.7 Å². The van der Waals surface area contributed by atoms with E-state index in [1.165, 1.54) is 70.6 Å². The second-order valence-electron chi connectivity index (χ2n) is 9.72. The SMILES string of the molecule is CCN1CCC(N2Cc3ccc(C)cc3C(c3cccc(OC)c3)=C2c2ccccc2C)CC1. The van der Waals surface area contributed by atoms with Gasteiger partial charge >= 0.3 is 0 Å². The summed E-state index contributed by atoms with van der Waals surface area (Å²) >= 11 is 0. The minimum Gasteiger partial charge on any atom is -0.497 e. The van der Waals surface area contributed by atoms with Crippen molar-refractivity contribution in [1.29, 1.82) is 0 Å². The monoisotopic (exact) mass is 452 g/mol. The number of fused-ring (bicyclic) bond motifs is 1. The van der Waals surface area contributed by atoms with Crippen molar-refractivity contribution in [2.75, 3.05) is 26.7 Å². The van der Waals surface area contributed by atoms with E-state index in [9.17, 15) is 0 Å². The summed E-state index contributed by atoms with van der Waals surface area (Å²) in [5.74, 6) is 0.900. The number of piperidine rings is 1. The highest BCUT2D eigenvalue weighted by atomic mass is 16.5. The first-order chi connectivity index (χ1) is 16.6. The molecule has 0 atom stereocenters. The smallest absolute Gasteiger partial charge is 0.119 e. The van der Waals surface area contributed by atoms with E-state index in [1.807, 2.05) is 6.07 Å². The summed E-state index contributed by atoms with van der Waals surface area (Å²) in [6.45, 7) is 11.2. The van der Waals surface area contributed by atoms with E-state index in [4.69, 9.17) is 4.74 Å². The molecule has 5 rings (SSSR count). The number of nitrogens with zero attached hydrogens (tertiary/aromatic N) is 2. The van der Waals surface area contributed by atoms with Crippen molar-refractivity contribution in [3.63, 3.8) is 0 Å². The van der Waals surface area contributed by atoms with Crippen LogP contribution in [0.25, 0.3) is 11.3 Å². The number of ether oxygens (including phenoxy) is 1. The zero-order chi connectivity index (χ0) is 23.7. The van der Waals surface area contributed by atoms with Crippen LogP contribution in [0.1, 0.15) is 53.1 Å². The van der Waals surface area contributed by atoms with Crippen LogP contribution in [0.3, 0.4) is 0 Å². The van der Waals surface area contributed by atoms with Gasteiger partial charge in [0.05, 0.1) is 12.8 Å². The van der Waals surface area contributed by atoms with Crippen molar-refractivity contribution in [2.45, 2.75) is 46.2 Å². The molecule has 3 aromatic carbocycles. The highest BCUT2D eigenvalue weighted by Gasteiger charge is 2.33. The van der Waals surface area contributed by atoms with Crippen LogP contribution in [-0.2, 0) is 6.54 Å². The van der Waals surface area contributed by atoms with Crippen LogP contribution in [0.4, 0.5) is 0 Å². The molecule has 3 aromatic rings. The molecule has 2 aliphatic rings. The van der Waals surface area contributed by atoms with Crippen molar-refractivity contribution < 1.29 is 4.74 Å². The van der Waals surface area contributed by atoms with Gasteiger partial charge in [-0.05, 0) is 67.6 Å². The molecule has 1 saturated heterocycles. The highest BCUT2D eigenvalue weighted by molar-refractivity contribution is 6.00. The van der Waals surface area contributed by atoms with Gasteiger partial charge in [0.2, 0.25) is 0 Å². The molecule has 0 saturated carbocycles. The summed E-state index contributed by atoms with van der Waals surface area (Å²) in [6.07, 6.45) is 2.41. The Morgan fingerprint density at radius 2 is 1.68 bits per heavy atom. The molecule has 2 heterocycles. The van der Waals surface area contributed by atoms with Gasteiger partial charge in [-0.3, -0.25) is 0 Å². The van der Waals surface area contributed by atoms with Crippen molar-refractivity contribution in [1.82, 2.24) is 9.80 Å². The molecular weight excluding hydrogens is 416 g/mol. The first kappa shape index (κ1) is 22.7. The number of aryl methyl sites for hydroxylation is 2. The van der Waals surface area contributed by atoms with Crippen molar-refractivity contribution in [2.24, 2.45) is 0 Å². The molecule has 2 aliphatic heterocycles. The van der Waals surface area contributed by atoms with E-state index in [1.54, 1.807) is 7.11 Å². The van der Waals surface area contributed by atoms with Crippen LogP contribution < -0.4 is 4.74 Å². The molecule has 34 heavy (non-hydrogen) atoms. The molecule has 0 unspecified atom stereocenters. The van der Waals surface area contributed by atoms with Crippen molar-refractivity contribution in [3.05, 3.63) is 100 Å². The fourth-order valence-corrected chi connectivity index (χ4v) is 5.65. The molecule has 0 spiro atoms. The predicted octanol–water partition coefficient (Wildman–Crippen LogP) is 6.53. The van der Waals surface area contributed by atoms with Gasteiger partial charge in [-0.15, -0.1) is 0 Å². The molecule has 176 valence electrons. The Labute approximate surface area is 204 Å². The summed E-state index contributed by atoms with van der Waals surface area (Å²) in [5.41, 5.74) is 10.7. The third-order valence-electron chi connectivity index (χ3n) is 7.60. The molecule has 1 fully saturated rings. The third-order valence-corrected chi connectivity index (χ3v) is 7.60. The Bertz CT molecular complexity index is 1200. The van der Waals surface area contributed by atoms with Crippen molar-refractivity contribution in [3.8, 4) is 5.75 Å². The van der Waals surface area contributed by atoms with E-state index >= 15 is 0 Å². The van der Waals surface area contributed by atoms with E-state index < -0.39 is 0 Å². The standard InChI is InChI=1S/C31H36N2O/c1-5-32-17-15-26(16-18-32)33-21-25-14-13-22(2)19-29(25)30(24-10-8-11-27(20-24)34-4)31(33)28-12-7-6-9-23(28)3/h6-14,19-20,26H,5,15-18,21H2,1-4H3. The quantitative estimate of drug-likeness (QED) is 0.438. The summed E-state index contributed by atoms with van der Waals surface area (Å²) in [7, 11) is 1.75. The maximum atomic E-state index is 5.65. The van der Waals surface area contributed by atoms with Crippen LogP contribution in [0.2, 0.25) is 0 Å². The molecular formula is C31H36N2O. The minimum absolute atomic E-state index is 0.535. The fourth-order valence-electron chi connectivity index (χ4n) is 5.65. The van der Waals surface area contributed by atoms with Gasteiger partial charge in [0, 0.05) is 36.8 Å². The molecule has 0 aliphatic carbocycles. The topological polar surface area (TPSA) is 15.7 Å². The highest BCUT2D eigenvalue weighted by Crippen LogP contribution is 2.44. The van der Waals surface area contributed by atoms with Gasteiger partial charge in [0.25, 0.3) is 0 Å². The zero-order valence-electron chi connectivity index (χ0n) is 21.0. The van der Waals surface area contributed by atoms with Gasteiger partial charge in [-0.1, -0.05) is 67.1 Å². The van der Waals surface area contributed by atoms with Crippen molar-refractivity contribution >= 4 is 11.3 Å². The zero-order valence-corrected chi connectivity index (χ0v) is 21.0. The molecule has 0 radical (unpaired) electrons. The molecule has 3 nitrogen and oxygen atoms in total. The number of hydrogen-bond donors (Lipinski definition) is 0. The average molecular weight is 453 g/mol. The van der Waals surface area contributed by atoms with Crippen LogP contribution in [-0.4, -0.2) is 42.6 Å². The molecule has 0 aromatic heterocycles. The molecule has 0 N–H and O–H groups in total. The fraction of sp³-hybridized carbons (Fsp3) is 0.355. The predicted molar refractivity (Wildman–Crippen MR) is 142 cm³/mol. The van der Waals surface area contributed by atoms with E-state index in [0.717, 1.165) is 18.8 Å². The third kappa shape index (κ3) is 4.25. The second-order valence-corrected chi connectivity index (χ2v) is 9.72. The summed E-state index contributed by atoms with van der Waals surface area (Å²) in [4.78, 5) is 5.31. The maximum Gasteiger partial charge on any atom is 0.119 e. The van der Waals surface area contributed by atoms with Gasteiger partial charge in [-0.25, -0.2) is 0 Å². The van der Waals surface area contributed by atoms with E-state index in [2.05, 4.69) is 91.2 Å². The second kappa shape index (κ2) is 9.68. The first-order valence-electron chi connectivity index (χ1n) is 12.6. The van der Waals surface area contributed by atoms with Gasteiger partial charge in [0.15, 0.2) is 0 Å². The van der Waals surface area contributed by atoms with Crippen LogP contribution >= 0.6 is 0 Å². The lowest BCUT2D eigenvalue weighted by molar-refractivity contribution is 0.148. The summed E-state index contributed by atoms with van der Waals surface area (Å²) in [6, 6.07) is 25.0. The number of benzene rings is 3. The van der Waals surface area contributed by atoms with Crippen LogP contribution in [0.5, 0.6) is 5.75 Å². The van der Waals surface area contributed by atoms with Gasteiger partial charge < -0.3 is 14.5 Å². The summed E-state index contributed by atoms with van der Waals surface area (Å²) < 4.78 is 5.65. The number of rotatable bonds is 5. The van der Waals surface area contributed by atoms with E-state index in [-0.39, 0.29) is 0 Å². The lowest BCUT2D eigenvalue weighted by Crippen LogP contribution is -2.45. The van der Waals surface area contributed by atoms with Gasteiger partial charge in [0.1, 0.15) is 5.75 Å². The number of methoxy groups -OCH3 is 1. The first-order valence-corrected chi connectivity index (χ1v) is 12.6. The lowest BCUT2D eigenvalue weighted by Gasteiger charge is -2.44. The maximum absolute atomic E-state index is 5.65. The number of hydrogen-bond acceptors (Lipinski definition) is 3. The average Bonchev–Trinajstić information content (AvgIpc) is 2.88. The Kier molecular flexibility index (Phi) is 6.47. The van der Waals surface area contributed by atoms with E-state index in [0.29, 0.717) is 6.04 Å². The largest absolute Gasteiger partial charge is 0.497 e.